The summed E-state index contributed by atoms with van der Waals surface area (Å²) in [6.07, 6.45) is 1.70. The molecule has 0 saturated heterocycles. The lowest BCUT2D eigenvalue weighted by Crippen LogP contribution is -2.05. The van der Waals surface area contributed by atoms with Gasteiger partial charge in [-0.2, -0.15) is 0 Å². The number of nitrogens with zero attached hydrogens (tertiary/aromatic N) is 2. The number of hydrogen-bond donors (Lipinski definition) is 1. The number of nitrogens with one attached hydrogen (secondary N) is 1. The molecule has 1 aromatic heterocycles. The molecule has 0 spiro atoms. The van der Waals surface area contributed by atoms with Gasteiger partial charge in [0, 0.05) is 16.9 Å². The van der Waals surface area contributed by atoms with Crippen molar-refractivity contribution >= 4 is 17.5 Å². The monoisotopic (exact) mass is 183 g/mol. The van der Waals surface area contributed by atoms with E-state index in [0.717, 1.165) is 5.69 Å². The van der Waals surface area contributed by atoms with E-state index in [1.165, 1.54) is 0 Å². The zero-order chi connectivity index (χ0) is 8.97. The molecule has 0 aliphatic carbocycles. The van der Waals surface area contributed by atoms with Crippen molar-refractivity contribution in [1.82, 2.24) is 9.97 Å². The Balaban J connectivity index is 2.57. The normalized spacial score (nSPS) is 9.50. The Morgan fingerprint density at radius 1 is 1.75 bits per heavy atom. The molecule has 1 heterocycles. The molecule has 0 saturated carbocycles. The van der Waals surface area contributed by atoms with Crippen LogP contribution in [-0.4, -0.2) is 16.5 Å². The van der Waals surface area contributed by atoms with Gasteiger partial charge in [0.2, 0.25) is 5.95 Å². The number of halogens is 1. The maximum atomic E-state index is 5.55. The van der Waals surface area contributed by atoms with E-state index in [0.29, 0.717) is 17.5 Å². The Hall–Kier alpha value is -1.09. The molecule has 4 heteroatoms. The predicted molar refractivity (Wildman–Crippen MR) is 50.3 cm³/mol. The highest BCUT2D eigenvalue weighted by Gasteiger charge is 1.94. The van der Waals surface area contributed by atoms with Crippen LogP contribution < -0.4 is 5.32 Å². The Morgan fingerprint density at radius 2 is 2.50 bits per heavy atom. The van der Waals surface area contributed by atoms with Gasteiger partial charge in [0.05, 0.1) is 6.54 Å². The summed E-state index contributed by atoms with van der Waals surface area (Å²) >= 11 is 5.55. The van der Waals surface area contributed by atoms with E-state index in [-0.39, 0.29) is 0 Å². The highest BCUT2D eigenvalue weighted by atomic mass is 35.5. The molecule has 0 aliphatic rings. The maximum absolute atomic E-state index is 5.55. The first kappa shape index (κ1) is 9.00. The van der Waals surface area contributed by atoms with Crippen LogP contribution in [-0.2, 0) is 0 Å². The third kappa shape index (κ3) is 2.88. The predicted octanol–water partition coefficient (Wildman–Crippen LogP) is 1.95. The Morgan fingerprint density at radius 3 is 3.08 bits per heavy atom. The van der Waals surface area contributed by atoms with Gasteiger partial charge in [0.1, 0.15) is 0 Å². The minimum atomic E-state index is 0.491. The van der Waals surface area contributed by atoms with Crippen molar-refractivity contribution in [2.75, 3.05) is 11.9 Å². The molecule has 0 aromatic carbocycles. The fraction of sp³-hybridized carbons (Fsp3) is 0.250. The summed E-state index contributed by atoms with van der Waals surface area (Å²) in [5.74, 6) is 0.580. The minimum absolute atomic E-state index is 0.491. The van der Waals surface area contributed by atoms with Crippen molar-refractivity contribution in [2.45, 2.75) is 6.92 Å². The van der Waals surface area contributed by atoms with Gasteiger partial charge < -0.3 is 5.32 Å². The molecule has 1 N–H and O–H groups in total. The highest BCUT2D eigenvalue weighted by molar-refractivity contribution is 6.29. The van der Waals surface area contributed by atoms with Gasteiger partial charge in [-0.15, -0.1) is 0 Å². The van der Waals surface area contributed by atoms with Gasteiger partial charge in [-0.1, -0.05) is 18.2 Å². The molecule has 0 unspecified atom stereocenters. The van der Waals surface area contributed by atoms with Crippen LogP contribution in [0.15, 0.2) is 23.9 Å². The van der Waals surface area contributed by atoms with Crippen molar-refractivity contribution in [3.63, 3.8) is 0 Å². The maximum Gasteiger partial charge on any atom is 0.223 e. The number of anilines is 1. The minimum Gasteiger partial charge on any atom is -0.349 e. The molecule has 0 bridgehead atoms. The van der Waals surface area contributed by atoms with Gasteiger partial charge in [0.15, 0.2) is 0 Å². The summed E-state index contributed by atoms with van der Waals surface area (Å²) in [4.78, 5) is 8.11. The molecular formula is C8H10ClN3. The van der Waals surface area contributed by atoms with Gasteiger partial charge in [0.25, 0.3) is 0 Å². The largest absolute Gasteiger partial charge is 0.349 e. The molecule has 0 atom stereocenters. The standard InChI is InChI=1S/C8H10ClN3/c1-6(9)5-11-8-10-4-3-7(2)12-8/h3-4H,1,5H2,2H3,(H,10,11,12). The van der Waals surface area contributed by atoms with Crippen LogP contribution in [0.2, 0.25) is 0 Å². The second-order valence-electron chi connectivity index (χ2n) is 2.39. The van der Waals surface area contributed by atoms with Crippen LogP contribution in [0.3, 0.4) is 0 Å². The molecule has 1 rings (SSSR count). The first-order valence-corrected chi connectivity index (χ1v) is 3.93. The number of hydrogen-bond acceptors (Lipinski definition) is 3. The Kier molecular flexibility index (Phi) is 3.05. The Bertz CT molecular complexity index is 285. The lowest BCUT2D eigenvalue weighted by molar-refractivity contribution is 1.07. The molecular weight excluding hydrogens is 174 g/mol. The van der Waals surface area contributed by atoms with E-state index in [9.17, 15) is 0 Å². The van der Waals surface area contributed by atoms with E-state index in [1.54, 1.807) is 6.20 Å². The fourth-order valence-electron chi connectivity index (χ4n) is 0.709. The lowest BCUT2D eigenvalue weighted by Gasteiger charge is -2.02. The molecule has 3 nitrogen and oxygen atoms in total. The highest BCUT2D eigenvalue weighted by Crippen LogP contribution is 2.01. The fourth-order valence-corrected chi connectivity index (χ4v) is 0.776. The quantitative estimate of drug-likeness (QED) is 0.779. The topological polar surface area (TPSA) is 37.8 Å². The zero-order valence-electron chi connectivity index (χ0n) is 6.84. The van der Waals surface area contributed by atoms with Gasteiger partial charge in [-0.3, -0.25) is 0 Å². The second-order valence-corrected chi connectivity index (χ2v) is 2.93. The van der Waals surface area contributed by atoms with Crippen molar-refractivity contribution in [3.05, 3.63) is 29.6 Å². The van der Waals surface area contributed by atoms with E-state index in [4.69, 9.17) is 11.6 Å². The molecule has 0 aliphatic heterocycles. The van der Waals surface area contributed by atoms with Gasteiger partial charge in [-0.25, -0.2) is 9.97 Å². The van der Waals surface area contributed by atoms with E-state index < -0.39 is 0 Å². The SMILES string of the molecule is C=C(Cl)CNc1nccc(C)n1. The molecule has 0 fully saturated rings. The number of rotatable bonds is 3. The molecule has 64 valence electrons. The first-order valence-electron chi connectivity index (χ1n) is 3.55. The third-order valence-corrected chi connectivity index (χ3v) is 1.37. The summed E-state index contributed by atoms with van der Waals surface area (Å²) in [7, 11) is 0. The lowest BCUT2D eigenvalue weighted by atomic mass is 10.5. The third-order valence-electron chi connectivity index (χ3n) is 1.23. The summed E-state index contributed by atoms with van der Waals surface area (Å²) in [6.45, 7) is 5.94. The zero-order valence-corrected chi connectivity index (χ0v) is 7.60. The van der Waals surface area contributed by atoms with Crippen molar-refractivity contribution in [3.8, 4) is 0 Å². The van der Waals surface area contributed by atoms with E-state index >= 15 is 0 Å². The average molecular weight is 184 g/mol. The first-order chi connectivity index (χ1) is 5.68. The summed E-state index contributed by atoms with van der Waals surface area (Å²) < 4.78 is 0. The summed E-state index contributed by atoms with van der Waals surface area (Å²) in [5, 5.41) is 3.47. The van der Waals surface area contributed by atoms with Crippen LogP contribution >= 0.6 is 11.6 Å². The summed E-state index contributed by atoms with van der Waals surface area (Å²) in [6, 6.07) is 1.83. The molecule has 0 amide bonds. The molecule has 1 aromatic rings. The number of aryl methyl sites for hydroxylation is 1. The molecule has 12 heavy (non-hydrogen) atoms. The average Bonchev–Trinajstić information content (AvgIpc) is 2.01. The van der Waals surface area contributed by atoms with Crippen LogP contribution in [0, 0.1) is 6.92 Å². The van der Waals surface area contributed by atoms with Gasteiger partial charge >= 0.3 is 0 Å². The number of aromatic nitrogens is 2. The Labute approximate surface area is 76.5 Å². The van der Waals surface area contributed by atoms with Crippen LogP contribution in [0.5, 0.6) is 0 Å². The second kappa shape index (κ2) is 4.07. The smallest absolute Gasteiger partial charge is 0.223 e. The van der Waals surface area contributed by atoms with Crippen LogP contribution in [0.25, 0.3) is 0 Å². The van der Waals surface area contributed by atoms with Crippen molar-refractivity contribution in [1.29, 1.82) is 0 Å². The van der Waals surface area contributed by atoms with Crippen LogP contribution in [0.4, 0.5) is 5.95 Å². The van der Waals surface area contributed by atoms with Gasteiger partial charge in [-0.05, 0) is 13.0 Å². The summed E-state index contributed by atoms with van der Waals surface area (Å²) in [5.41, 5.74) is 0.924. The van der Waals surface area contributed by atoms with E-state index in [2.05, 4.69) is 21.9 Å². The van der Waals surface area contributed by atoms with Crippen LogP contribution in [0.1, 0.15) is 5.69 Å². The van der Waals surface area contributed by atoms with E-state index in [1.807, 2.05) is 13.0 Å². The van der Waals surface area contributed by atoms with Crippen molar-refractivity contribution < 1.29 is 0 Å². The van der Waals surface area contributed by atoms with Crippen molar-refractivity contribution in [2.24, 2.45) is 0 Å². The molecule has 0 radical (unpaired) electrons.